The van der Waals surface area contributed by atoms with Crippen LogP contribution in [0.3, 0.4) is 0 Å². The van der Waals surface area contributed by atoms with Crippen molar-refractivity contribution in [3.63, 3.8) is 0 Å². The van der Waals surface area contributed by atoms with Crippen LogP contribution < -0.4 is 5.73 Å². The molecule has 1 aromatic rings. The molecular formula is C9H15N3OS. The second-order valence-electron chi connectivity index (χ2n) is 3.33. The van der Waals surface area contributed by atoms with Gasteiger partial charge in [-0.3, -0.25) is 0 Å². The summed E-state index contributed by atoms with van der Waals surface area (Å²) in [6.07, 6.45) is 4.05. The molecule has 0 saturated heterocycles. The molecule has 0 amide bonds. The minimum Gasteiger partial charge on any atom is -0.389 e. The Labute approximate surface area is 88.0 Å². The third kappa shape index (κ3) is 4.04. The van der Waals surface area contributed by atoms with Gasteiger partial charge in [0.2, 0.25) is 0 Å². The number of hydrogen-bond acceptors (Lipinski definition) is 5. The fourth-order valence-electron chi connectivity index (χ4n) is 0.824. The normalized spacial score (nSPS) is 15.1. The van der Waals surface area contributed by atoms with Crippen molar-refractivity contribution in [2.75, 3.05) is 12.3 Å². The lowest BCUT2D eigenvalue weighted by Gasteiger charge is -2.19. The largest absolute Gasteiger partial charge is 0.389 e. The Morgan fingerprint density at radius 2 is 2.14 bits per heavy atom. The van der Waals surface area contributed by atoms with Crippen LogP contribution in [-0.4, -0.2) is 33.0 Å². The molecule has 0 fully saturated rings. The fourth-order valence-corrected chi connectivity index (χ4v) is 1.82. The Kier molecular flexibility index (Phi) is 4.31. The number of hydrogen-bond donors (Lipinski definition) is 2. The van der Waals surface area contributed by atoms with E-state index in [1.165, 1.54) is 11.8 Å². The Bertz CT molecular complexity index is 266. The SMILES string of the molecule is CC(O)(CN)CCSc1ncccn1. The summed E-state index contributed by atoms with van der Waals surface area (Å²) in [6.45, 7) is 2.02. The van der Waals surface area contributed by atoms with E-state index in [9.17, 15) is 5.11 Å². The molecule has 0 aromatic carbocycles. The summed E-state index contributed by atoms with van der Waals surface area (Å²) in [5.41, 5.74) is 4.62. The second kappa shape index (κ2) is 5.29. The lowest BCUT2D eigenvalue weighted by Crippen LogP contribution is -2.34. The molecule has 1 atom stereocenters. The third-order valence-electron chi connectivity index (χ3n) is 1.85. The highest BCUT2D eigenvalue weighted by atomic mass is 32.2. The molecule has 78 valence electrons. The first-order valence-electron chi connectivity index (χ1n) is 4.46. The molecular weight excluding hydrogens is 198 g/mol. The second-order valence-corrected chi connectivity index (χ2v) is 4.39. The molecule has 1 rings (SSSR count). The van der Waals surface area contributed by atoms with Gasteiger partial charge in [-0.15, -0.1) is 0 Å². The highest BCUT2D eigenvalue weighted by molar-refractivity contribution is 7.99. The summed E-state index contributed by atoms with van der Waals surface area (Å²) in [5, 5.41) is 10.4. The molecule has 1 heterocycles. The van der Waals surface area contributed by atoms with Crippen LogP contribution in [0.25, 0.3) is 0 Å². The van der Waals surface area contributed by atoms with Gasteiger partial charge in [0.05, 0.1) is 5.60 Å². The van der Waals surface area contributed by atoms with E-state index in [-0.39, 0.29) is 6.54 Å². The highest BCUT2D eigenvalue weighted by Gasteiger charge is 2.17. The summed E-state index contributed by atoms with van der Waals surface area (Å²) in [4.78, 5) is 8.13. The van der Waals surface area contributed by atoms with Crippen LogP contribution in [0.15, 0.2) is 23.6 Å². The van der Waals surface area contributed by atoms with E-state index in [0.29, 0.717) is 6.42 Å². The van der Waals surface area contributed by atoms with Crippen molar-refractivity contribution in [1.29, 1.82) is 0 Å². The molecule has 0 bridgehead atoms. The van der Waals surface area contributed by atoms with E-state index >= 15 is 0 Å². The Morgan fingerprint density at radius 3 is 2.71 bits per heavy atom. The van der Waals surface area contributed by atoms with Crippen molar-refractivity contribution in [2.24, 2.45) is 5.73 Å². The zero-order valence-electron chi connectivity index (χ0n) is 8.18. The van der Waals surface area contributed by atoms with Crippen molar-refractivity contribution in [3.8, 4) is 0 Å². The number of aliphatic hydroxyl groups is 1. The lowest BCUT2D eigenvalue weighted by atomic mass is 10.1. The molecule has 0 spiro atoms. The maximum Gasteiger partial charge on any atom is 0.187 e. The van der Waals surface area contributed by atoms with E-state index in [0.717, 1.165) is 10.9 Å². The summed E-state index contributed by atoms with van der Waals surface area (Å²) >= 11 is 1.52. The van der Waals surface area contributed by atoms with Crippen molar-refractivity contribution >= 4 is 11.8 Å². The molecule has 4 nitrogen and oxygen atoms in total. The van der Waals surface area contributed by atoms with Gasteiger partial charge >= 0.3 is 0 Å². The van der Waals surface area contributed by atoms with Gasteiger partial charge in [-0.2, -0.15) is 0 Å². The van der Waals surface area contributed by atoms with Gasteiger partial charge < -0.3 is 10.8 Å². The number of thioether (sulfide) groups is 1. The topological polar surface area (TPSA) is 72.0 Å². The van der Waals surface area contributed by atoms with Gasteiger partial charge in [-0.25, -0.2) is 9.97 Å². The third-order valence-corrected chi connectivity index (χ3v) is 2.73. The lowest BCUT2D eigenvalue weighted by molar-refractivity contribution is 0.0665. The Morgan fingerprint density at radius 1 is 1.50 bits per heavy atom. The number of nitrogens with zero attached hydrogens (tertiary/aromatic N) is 2. The maximum atomic E-state index is 9.62. The quantitative estimate of drug-likeness (QED) is 0.555. The minimum atomic E-state index is -0.776. The van der Waals surface area contributed by atoms with E-state index in [1.807, 2.05) is 0 Å². The van der Waals surface area contributed by atoms with Gasteiger partial charge in [-0.1, -0.05) is 11.8 Å². The van der Waals surface area contributed by atoms with Crippen molar-refractivity contribution in [1.82, 2.24) is 9.97 Å². The average Bonchev–Trinajstić information content (AvgIpc) is 2.19. The first-order valence-corrected chi connectivity index (χ1v) is 5.45. The van der Waals surface area contributed by atoms with E-state index in [4.69, 9.17) is 5.73 Å². The first-order chi connectivity index (χ1) is 6.64. The minimum absolute atomic E-state index is 0.281. The van der Waals surface area contributed by atoms with Crippen LogP contribution in [0.2, 0.25) is 0 Å². The molecule has 3 N–H and O–H groups in total. The zero-order valence-corrected chi connectivity index (χ0v) is 9.00. The van der Waals surface area contributed by atoms with Crippen LogP contribution in [0.5, 0.6) is 0 Å². The molecule has 14 heavy (non-hydrogen) atoms. The zero-order chi connectivity index (χ0) is 10.4. The molecule has 0 aliphatic carbocycles. The molecule has 0 radical (unpaired) electrons. The number of rotatable bonds is 5. The van der Waals surface area contributed by atoms with Crippen molar-refractivity contribution in [3.05, 3.63) is 18.5 Å². The number of nitrogens with two attached hydrogens (primary N) is 1. The van der Waals surface area contributed by atoms with Gasteiger partial charge in [0.1, 0.15) is 0 Å². The van der Waals surface area contributed by atoms with Crippen molar-refractivity contribution in [2.45, 2.75) is 24.1 Å². The summed E-state index contributed by atoms with van der Waals surface area (Å²) in [5.74, 6) is 0.772. The average molecular weight is 213 g/mol. The number of aromatic nitrogens is 2. The highest BCUT2D eigenvalue weighted by Crippen LogP contribution is 2.17. The molecule has 5 heteroatoms. The fraction of sp³-hybridized carbons (Fsp3) is 0.556. The van der Waals surface area contributed by atoms with Crippen LogP contribution in [-0.2, 0) is 0 Å². The van der Waals surface area contributed by atoms with Crippen LogP contribution in [0.4, 0.5) is 0 Å². The first kappa shape index (κ1) is 11.4. The standard InChI is InChI=1S/C9H15N3OS/c1-9(13,7-10)3-6-14-8-11-4-2-5-12-8/h2,4-5,13H,3,6-7,10H2,1H3. The van der Waals surface area contributed by atoms with E-state index in [2.05, 4.69) is 9.97 Å². The van der Waals surface area contributed by atoms with Crippen LogP contribution >= 0.6 is 11.8 Å². The summed E-state index contributed by atoms with van der Waals surface area (Å²) in [6, 6.07) is 1.78. The Hall–Kier alpha value is -0.650. The monoisotopic (exact) mass is 213 g/mol. The molecule has 1 aromatic heterocycles. The molecule has 1 unspecified atom stereocenters. The molecule has 0 saturated carbocycles. The summed E-state index contributed by atoms with van der Waals surface area (Å²) < 4.78 is 0. The predicted octanol–water partition coefficient (Wildman–Crippen LogP) is 0.668. The molecule has 0 aliphatic rings. The van der Waals surface area contributed by atoms with E-state index in [1.54, 1.807) is 25.4 Å². The van der Waals surface area contributed by atoms with Crippen LogP contribution in [0, 0.1) is 0 Å². The van der Waals surface area contributed by atoms with Gasteiger partial charge in [0, 0.05) is 24.7 Å². The van der Waals surface area contributed by atoms with Crippen LogP contribution in [0.1, 0.15) is 13.3 Å². The predicted molar refractivity (Wildman–Crippen MR) is 57.1 cm³/mol. The van der Waals surface area contributed by atoms with Crippen molar-refractivity contribution < 1.29 is 5.11 Å². The smallest absolute Gasteiger partial charge is 0.187 e. The Balaban J connectivity index is 2.29. The van der Waals surface area contributed by atoms with Gasteiger partial charge in [0.15, 0.2) is 5.16 Å². The van der Waals surface area contributed by atoms with Gasteiger partial charge in [-0.05, 0) is 19.4 Å². The summed E-state index contributed by atoms with van der Waals surface area (Å²) in [7, 11) is 0. The molecule has 0 aliphatic heterocycles. The maximum absolute atomic E-state index is 9.62. The van der Waals surface area contributed by atoms with E-state index < -0.39 is 5.60 Å². The van der Waals surface area contributed by atoms with Gasteiger partial charge in [0.25, 0.3) is 0 Å².